The van der Waals surface area contributed by atoms with E-state index < -0.39 is 23.8 Å². The van der Waals surface area contributed by atoms with Crippen molar-refractivity contribution in [2.45, 2.75) is 38.0 Å². The van der Waals surface area contributed by atoms with Crippen molar-refractivity contribution in [1.82, 2.24) is 0 Å². The van der Waals surface area contributed by atoms with E-state index in [9.17, 15) is 18.3 Å². The predicted octanol–water partition coefficient (Wildman–Crippen LogP) is 6.02. The molecule has 0 fully saturated rings. The zero-order valence-corrected chi connectivity index (χ0v) is 14.6. The molecule has 0 saturated carbocycles. The summed E-state index contributed by atoms with van der Waals surface area (Å²) in [6.07, 6.45) is -1.96. The molecule has 0 aliphatic heterocycles. The van der Waals surface area contributed by atoms with Crippen LogP contribution in [0.2, 0.25) is 0 Å². The van der Waals surface area contributed by atoms with E-state index in [1.165, 1.54) is 13.0 Å². The van der Waals surface area contributed by atoms with E-state index in [1.807, 2.05) is 24.3 Å². The molecule has 0 bridgehead atoms. The fourth-order valence-corrected chi connectivity index (χ4v) is 4.33. The molecule has 4 heteroatoms. The first-order valence-electron chi connectivity index (χ1n) is 8.58. The Hall–Kier alpha value is -2.33. The van der Waals surface area contributed by atoms with Gasteiger partial charge < -0.3 is 5.11 Å². The highest BCUT2D eigenvalue weighted by atomic mass is 19.4. The summed E-state index contributed by atoms with van der Waals surface area (Å²) in [5.41, 5.74) is 3.73. The molecule has 0 amide bonds. The van der Waals surface area contributed by atoms with Crippen LogP contribution in [0.25, 0.3) is 23.3 Å². The maximum atomic E-state index is 13.3. The van der Waals surface area contributed by atoms with Gasteiger partial charge in [-0.25, -0.2) is 0 Å². The summed E-state index contributed by atoms with van der Waals surface area (Å²) in [6.45, 7) is 7.36. The van der Waals surface area contributed by atoms with Gasteiger partial charge in [-0.2, -0.15) is 13.2 Å². The number of hydrogen-bond acceptors (Lipinski definition) is 1. The highest BCUT2D eigenvalue weighted by Crippen LogP contribution is 2.53. The average molecular weight is 356 g/mol. The van der Waals surface area contributed by atoms with Gasteiger partial charge >= 0.3 is 6.18 Å². The van der Waals surface area contributed by atoms with E-state index in [2.05, 4.69) is 13.5 Å². The van der Waals surface area contributed by atoms with Crippen LogP contribution in [-0.2, 0) is 5.60 Å². The van der Waals surface area contributed by atoms with Crippen LogP contribution in [0.1, 0.15) is 54.0 Å². The third-order valence-corrected chi connectivity index (χ3v) is 5.55. The van der Waals surface area contributed by atoms with Gasteiger partial charge in [0.1, 0.15) is 0 Å². The van der Waals surface area contributed by atoms with Gasteiger partial charge in [0, 0.05) is 17.9 Å². The van der Waals surface area contributed by atoms with Crippen LogP contribution >= 0.6 is 0 Å². The molecule has 2 aliphatic carbocycles. The molecule has 4 rings (SSSR count). The summed E-state index contributed by atoms with van der Waals surface area (Å²) in [4.78, 5) is 0. The molecule has 2 unspecified atom stereocenters. The van der Waals surface area contributed by atoms with E-state index in [1.54, 1.807) is 12.1 Å². The number of alkyl halides is 3. The predicted molar refractivity (Wildman–Crippen MR) is 97.7 cm³/mol. The number of aliphatic hydroxyl groups is 1. The maximum absolute atomic E-state index is 13.3. The lowest BCUT2D eigenvalue weighted by molar-refractivity contribution is -0.101. The van der Waals surface area contributed by atoms with Crippen molar-refractivity contribution in [3.8, 4) is 11.1 Å². The molecule has 2 aliphatic rings. The zero-order valence-electron chi connectivity index (χ0n) is 14.6. The van der Waals surface area contributed by atoms with Crippen LogP contribution in [0.5, 0.6) is 0 Å². The minimum absolute atomic E-state index is 0.132. The second-order valence-corrected chi connectivity index (χ2v) is 7.38. The SMILES string of the molecule is C=Cc1ccc2c(c1)-c1c(ccc3c1C(C)(O)CC(C(F)(F)F)=C3)C2C. The highest BCUT2D eigenvalue weighted by molar-refractivity contribution is 5.87. The zero-order chi connectivity index (χ0) is 18.9. The van der Waals surface area contributed by atoms with Gasteiger partial charge in [0.05, 0.1) is 5.60 Å². The standard InChI is InChI=1S/C22H19F3O/c1-4-13-5-7-16-12(2)17-8-6-14-10-15(22(23,24)25)11-21(3,26)20(14)19(17)18(16)9-13/h4-10,12,26H,1,11H2,2-3H3. The van der Waals surface area contributed by atoms with Crippen molar-refractivity contribution in [2.24, 2.45) is 0 Å². The van der Waals surface area contributed by atoms with Gasteiger partial charge in [0.15, 0.2) is 0 Å². The Kier molecular flexibility index (Phi) is 3.51. The Labute approximate surface area is 150 Å². The van der Waals surface area contributed by atoms with E-state index in [-0.39, 0.29) is 5.92 Å². The van der Waals surface area contributed by atoms with Crippen LogP contribution in [0.4, 0.5) is 13.2 Å². The molecule has 0 aromatic heterocycles. The van der Waals surface area contributed by atoms with Crippen molar-refractivity contribution in [3.63, 3.8) is 0 Å². The molecule has 2 atom stereocenters. The molecular formula is C22H19F3O. The van der Waals surface area contributed by atoms with E-state index in [0.717, 1.165) is 27.8 Å². The molecule has 1 nitrogen and oxygen atoms in total. The minimum atomic E-state index is -4.44. The lowest BCUT2D eigenvalue weighted by atomic mass is 9.76. The minimum Gasteiger partial charge on any atom is -0.385 e. The molecule has 0 heterocycles. The van der Waals surface area contributed by atoms with Crippen molar-refractivity contribution in [2.75, 3.05) is 0 Å². The Balaban J connectivity index is 2.04. The van der Waals surface area contributed by atoms with Gasteiger partial charge in [-0.1, -0.05) is 43.8 Å². The second-order valence-electron chi connectivity index (χ2n) is 7.38. The Morgan fingerprint density at radius 1 is 1.19 bits per heavy atom. The maximum Gasteiger partial charge on any atom is 0.412 e. The lowest BCUT2D eigenvalue weighted by Gasteiger charge is -2.34. The molecule has 0 saturated heterocycles. The van der Waals surface area contributed by atoms with E-state index in [4.69, 9.17) is 0 Å². The van der Waals surface area contributed by atoms with Crippen LogP contribution in [0.3, 0.4) is 0 Å². The van der Waals surface area contributed by atoms with Gasteiger partial charge in [-0.15, -0.1) is 0 Å². The number of fused-ring (bicyclic) bond motifs is 5. The first-order chi connectivity index (χ1) is 12.1. The van der Waals surface area contributed by atoms with Crippen LogP contribution in [0.15, 0.2) is 42.5 Å². The van der Waals surface area contributed by atoms with Crippen molar-refractivity contribution < 1.29 is 18.3 Å². The van der Waals surface area contributed by atoms with Gasteiger partial charge in [-0.05, 0) is 58.0 Å². The highest BCUT2D eigenvalue weighted by Gasteiger charge is 2.44. The molecule has 26 heavy (non-hydrogen) atoms. The summed E-state index contributed by atoms with van der Waals surface area (Å²) in [5, 5.41) is 11.0. The normalized spacial score (nSPS) is 23.8. The quantitative estimate of drug-likeness (QED) is 0.662. The largest absolute Gasteiger partial charge is 0.412 e. The smallest absolute Gasteiger partial charge is 0.385 e. The molecule has 0 spiro atoms. The third-order valence-electron chi connectivity index (χ3n) is 5.55. The monoisotopic (exact) mass is 356 g/mol. The van der Waals surface area contributed by atoms with Gasteiger partial charge in [0.25, 0.3) is 0 Å². The number of halogens is 3. The number of hydrogen-bond donors (Lipinski definition) is 1. The van der Waals surface area contributed by atoms with E-state index in [0.29, 0.717) is 11.1 Å². The van der Waals surface area contributed by atoms with Gasteiger partial charge in [0.2, 0.25) is 0 Å². The molecular weight excluding hydrogens is 337 g/mol. The first kappa shape index (κ1) is 17.1. The van der Waals surface area contributed by atoms with Crippen LogP contribution < -0.4 is 0 Å². The molecule has 1 N–H and O–H groups in total. The topological polar surface area (TPSA) is 20.2 Å². The Morgan fingerprint density at radius 2 is 1.88 bits per heavy atom. The fraction of sp³-hybridized carbons (Fsp3) is 0.273. The summed E-state index contributed by atoms with van der Waals surface area (Å²) in [5.74, 6) is 0.132. The fourth-order valence-electron chi connectivity index (χ4n) is 4.33. The molecule has 2 aromatic carbocycles. The van der Waals surface area contributed by atoms with Crippen LogP contribution in [0, 0.1) is 0 Å². The average Bonchev–Trinajstić information content (AvgIpc) is 2.85. The van der Waals surface area contributed by atoms with Crippen molar-refractivity contribution in [1.29, 1.82) is 0 Å². The Bertz CT molecular complexity index is 964. The van der Waals surface area contributed by atoms with Crippen molar-refractivity contribution >= 4 is 12.2 Å². The number of rotatable bonds is 1. The molecule has 0 radical (unpaired) electrons. The summed E-state index contributed by atoms with van der Waals surface area (Å²) in [6, 6.07) is 9.62. The molecule has 2 aromatic rings. The first-order valence-corrected chi connectivity index (χ1v) is 8.58. The number of benzene rings is 2. The van der Waals surface area contributed by atoms with Gasteiger partial charge in [-0.3, -0.25) is 0 Å². The van der Waals surface area contributed by atoms with Crippen molar-refractivity contribution in [3.05, 3.63) is 70.3 Å². The third kappa shape index (κ3) is 2.36. The van der Waals surface area contributed by atoms with Crippen LogP contribution in [-0.4, -0.2) is 11.3 Å². The Morgan fingerprint density at radius 3 is 2.54 bits per heavy atom. The van der Waals surface area contributed by atoms with E-state index >= 15 is 0 Å². The molecule has 134 valence electrons. The lowest BCUT2D eigenvalue weighted by Crippen LogP contribution is -2.31. The second kappa shape index (κ2) is 5.34. The summed E-state index contributed by atoms with van der Waals surface area (Å²) >= 11 is 0. The summed E-state index contributed by atoms with van der Waals surface area (Å²) < 4.78 is 39.8. The summed E-state index contributed by atoms with van der Waals surface area (Å²) in [7, 11) is 0.